The Morgan fingerprint density at radius 1 is 0.736 bits per heavy atom. The summed E-state index contributed by atoms with van der Waals surface area (Å²) in [6.07, 6.45) is 0. The quantitative estimate of drug-likeness (QED) is 0.0456. The van der Waals surface area contributed by atoms with Crippen molar-refractivity contribution in [3.8, 4) is 22.5 Å². The summed E-state index contributed by atoms with van der Waals surface area (Å²) in [7, 11) is 7.02. The normalized spacial score (nSPS) is 10.4. The van der Waals surface area contributed by atoms with Gasteiger partial charge in [0, 0.05) is 78.2 Å². The molecular weight excluding hydrogens is 680 g/mol. The predicted molar refractivity (Wildman–Crippen MR) is 209 cm³/mol. The molecule has 15 nitrogen and oxygen atoms in total. The number of aryl methyl sites for hydroxylation is 5. The number of Topliss-reactive ketones (excluding diaryl/α,β-unsaturated/α-hetero) is 1. The molecule has 5 rings (SSSR count). The number of ketones is 1. The van der Waals surface area contributed by atoms with E-state index in [-0.39, 0.29) is 29.5 Å². The monoisotopic (exact) mass is 732 g/mol. The maximum atomic E-state index is 10.9. The number of H-pyrrole nitrogens is 2. The summed E-state index contributed by atoms with van der Waals surface area (Å²) in [5.74, 6) is -0.747. The lowest BCUT2D eigenvalue weighted by Gasteiger charge is -2.32. The number of anilines is 1. The largest absolute Gasteiger partial charge is 0.398 e. The number of nitro benzene ring substituents is 2. The van der Waals surface area contributed by atoms with Gasteiger partial charge in [-0.3, -0.25) is 40.1 Å². The Balaban J connectivity index is 0.000000358. The topological polar surface area (TPSA) is 208 Å². The van der Waals surface area contributed by atoms with Gasteiger partial charge in [0.15, 0.2) is 5.78 Å². The zero-order valence-corrected chi connectivity index (χ0v) is 31.5. The number of aromatic amines is 2. The van der Waals surface area contributed by atoms with Crippen molar-refractivity contribution < 1.29 is 24.1 Å². The van der Waals surface area contributed by atoms with Crippen LogP contribution in [-0.2, 0) is 9.47 Å². The molecule has 4 N–H and O–H groups in total. The fraction of sp³-hybridized carbons (Fsp3) is 0.342. The molecule has 0 fully saturated rings. The van der Waals surface area contributed by atoms with Crippen LogP contribution in [0, 0.1) is 54.8 Å². The minimum Gasteiger partial charge on any atom is -0.398 e. The fourth-order valence-corrected chi connectivity index (χ4v) is 4.37. The van der Waals surface area contributed by atoms with E-state index in [1.807, 2.05) is 83.1 Å². The Labute approximate surface area is 310 Å². The first-order valence-corrected chi connectivity index (χ1v) is 16.0. The fourth-order valence-electron chi connectivity index (χ4n) is 4.37. The zero-order chi connectivity index (χ0) is 39.3. The summed E-state index contributed by atoms with van der Waals surface area (Å²) in [6, 6.07) is 19.4. The molecular formula is C38H52N8O7. The van der Waals surface area contributed by atoms with E-state index >= 15 is 0 Å². The number of methoxy groups -OCH3 is 2. The predicted octanol–water partition coefficient (Wildman–Crippen LogP) is 8.13. The van der Waals surface area contributed by atoms with E-state index in [0.717, 1.165) is 45.2 Å². The third-order valence-electron chi connectivity index (χ3n) is 8.07. The van der Waals surface area contributed by atoms with Gasteiger partial charge < -0.3 is 15.2 Å². The van der Waals surface area contributed by atoms with Crippen molar-refractivity contribution in [2.45, 2.75) is 61.8 Å². The molecule has 0 amide bonds. The highest BCUT2D eigenvalue weighted by Gasteiger charge is 2.24. The maximum Gasteiger partial charge on any atom is 0.273 e. The van der Waals surface area contributed by atoms with Gasteiger partial charge in [-0.25, -0.2) is 0 Å². The van der Waals surface area contributed by atoms with Gasteiger partial charge >= 0.3 is 0 Å². The van der Waals surface area contributed by atoms with Gasteiger partial charge in [0.25, 0.3) is 11.4 Å². The second-order valence-electron chi connectivity index (χ2n) is 12.2. The average Bonchev–Trinajstić information content (AvgIpc) is 3.74. The summed E-state index contributed by atoms with van der Waals surface area (Å²) < 4.78 is 10.1. The molecule has 286 valence electrons. The number of nitrogen functional groups attached to an aromatic ring is 1. The minimum absolute atomic E-state index is 0. The molecule has 0 unspecified atom stereocenters. The van der Waals surface area contributed by atoms with E-state index in [1.54, 1.807) is 52.3 Å². The molecule has 53 heavy (non-hydrogen) atoms. The van der Waals surface area contributed by atoms with Gasteiger partial charge in [-0.2, -0.15) is 10.2 Å². The maximum absolute atomic E-state index is 10.9. The molecule has 0 radical (unpaired) electrons. The molecule has 0 aliphatic heterocycles. The molecule has 3 aromatic carbocycles. The van der Waals surface area contributed by atoms with Crippen LogP contribution >= 0.6 is 0 Å². The molecule has 0 saturated heterocycles. The van der Waals surface area contributed by atoms with E-state index in [0.29, 0.717) is 16.7 Å². The van der Waals surface area contributed by atoms with Gasteiger partial charge in [0.1, 0.15) is 0 Å². The first-order valence-electron chi connectivity index (χ1n) is 16.0. The Morgan fingerprint density at radius 3 is 1.49 bits per heavy atom. The lowest BCUT2D eigenvalue weighted by molar-refractivity contribution is -0.385. The average molecular weight is 733 g/mol. The van der Waals surface area contributed by atoms with Gasteiger partial charge in [0.05, 0.1) is 21.2 Å². The first-order chi connectivity index (χ1) is 24.3. The molecule has 0 aliphatic rings. The summed E-state index contributed by atoms with van der Waals surface area (Å²) in [5, 5.41) is 35.2. The Morgan fingerprint density at radius 2 is 1.15 bits per heavy atom. The van der Waals surface area contributed by atoms with Crippen molar-refractivity contribution in [3.63, 3.8) is 0 Å². The van der Waals surface area contributed by atoms with Crippen LogP contribution in [-0.4, -0.2) is 75.2 Å². The number of ether oxygens (including phenoxy) is 2. The van der Waals surface area contributed by atoms with Crippen LogP contribution in [0.1, 0.15) is 59.7 Å². The number of nitrogens with two attached hydrogens (primary N) is 1. The molecule has 5 aromatic rings. The second-order valence-corrected chi connectivity index (χ2v) is 12.2. The number of nitrogens with zero attached hydrogens (tertiary/aromatic N) is 5. The lowest BCUT2D eigenvalue weighted by Crippen LogP contribution is -2.44. The van der Waals surface area contributed by atoms with Gasteiger partial charge in [-0.1, -0.05) is 43.8 Å². The SMILES string of the molecule is C.CC(=O)c1ccc(C)c([N+](=O)[O-])c1.COC(C)(OC)N(C)C.Cc1cc(-c2ccc(C)c(N)c2)n[nH]1.Cc1cc(-c2ccc(C)c([N+](=O)[O-])c2)n[nH]1. The molecule has 0 saturated carbocycles. The van der Waals surface area contributed by atoms with E-state index in [2.05, 4.69) is 20.4 Å². The summed E-state index contributed by atoms with van der Waals surface area (Å²) in [6.45, 7) is 12.5. The molecule has 0 atom stereocenters. The van der Waals surface area contributed by atoms with Crippen molar-refractivity contribution in [2.24, 2.45) is 0 Å². The molecule has 2 aromatic heterocycles. The first kappa shape index (κ1) is 45.3. The summed E-state index contributed by atoms with van der Waals surface area (Å²) in [4.78, 5) is 33.2. The molecule has 2 heterocycles. The van der Waals surface area contributed by atoms with Gasteiger partial charge in [-0.15, -0.1) is 0 Å². The van der Waals surface area contributed by atoms with E-state index in [1.165, 1.54) is 13.0 Å². The Bertz CT molecular complexity index is 1980. The highest BCUT2D eigenvalue weighted by atomic mass is 16.7. The lowest BCUT2D eigenvalue weighted by atomic mass is 10.1. The van der Waals surface area contributed by atoms with Crippen LogP contribution in [0.5, 0.6) is 0 Å². The standard InChI is InChI=1S/C11H11N3O2.C11H13N3.C9H9NO3.C6H15NO2.CH4/c1-7-3-4-9(6-11(7)14(15)16)10-5-8(2)12-13-10;1-7-3-4-9(6-10(7)12)11-5-8(2)13-14-11;1-6-3-4-8(7(2)11)5-9(6)10(12)13;1-6(8-4,9-5)7(2)3;/h3-6H,1-2H3,(H,12,13);3-6H,12H2,1-2H3,(H,13,14);3-5H,1-2H3;1-5H3;1H4. The van der Waals surface area contributed by atoms with Crippen LogP contribution < -0.4 is 5.73 Å². The van der Waals surface area contributed by atoms with Crippen molar-refractivity contribution in [3.05, 3.63) is 121 Å². The van der Waals surface area contributed by atoms with Crippen LogP contribution in [0.2, 0.25) is 0 Å². The van der Waals surface area contributed by atoms with Gasteiger partial charge in [-0.05, 0) is 79.4 Å². The number of nitrogens with one attached hydrogen (secondary N) is 2. The Kier molecular flexibility index (Phi) is 17.3. The number of carbonyl (C=O) groups excluding carboxylic acids is 1. The Hall–Kier alpha value is -5.77. The van der Waals surface area contributed by atoms with Crippen molar-refractivity contribution in [1.82, 2.24) is 25.3 Å². The van der Waals surface area contributed by atoms with E-state index in [9.17, 15) is 25.0 Å². The molecule has 0 spiro atoms. The van der Waals surface area contributed by atoms with Gasteiger partial charge in [0.2, 0.25) is 5.91 Å². The molecule has 0 bridgehead atoms. The minimum atomic E-state index is -0.583. The highest BCUT2D eigenvalue weighted by molar-refractivity contribution is 5.94. The van der Waals surface area contributed by atoms with Crippen LogP contribution in [0.25, 0.3) is 22.5 Å². The van der Waals surface area contributed by atoms with Crippen LogP contribution in [0.3, 0.4) is 0 Å². The smallest absolute Gasteiger partial charge is 0.273 e. The van der Waals surface area contributed by atoms with E-state index in [4.69, 9.17) is 15.2 Å². The number of aromatic nitrogens is 4. The van der Waals surface area contributed by atoms with Crippen LogP contribution in [0.4, 0.5) is 17.1 Å². The summed E-state index contributed by atoms with van der Waals surface area (Å²) >= 11 is 0. The number of nitro groups is 2. The number of rotatable bonds is 8. The summed E-state index contributed by atoms with van der Waals surface area (Å²) in [5.41, 5.74) is 14.9. The number of hydrogen-bond acceptors (Lipinski definition) is 11. The van der Waals surface area contributed by atoms with Crippen molar-refractivity contribution in [2.75, 3.05) is 34.0 Å². The highest BCUT2D eigenvalue weighted by Crippen LogP contribution is 2.26. The number of carbonyl (C=O) groups is 1. The number of hydrogen-bond donors (Lipinski definition) is 3. The zero-order valence-electron chi connectivity index (χ0n) is 31.5. The van der Waals surface area contributed by atoms with E-state index < -0.39 is 10.8 Å². The third kappa shape index (κ3) is 13.1. The third-order valence-corrected chi connectivity index (χ3v) is 8.07. The van der Waals surface area contributed by atoms with Crippen molar-refractivity contribution in [1.29, 1.82) is 0 Å². The molecule has 15 heteroatoms. The second kappa shape index (κ2) is 20.3. The molecule has 0 aliphatic carbocycles. The van der Waals surface area contributed by atoms with Crippen LogP contribution in [0.15, 0.2) is 66.7 Å². The number of benzene rings is 3. The van der Waals surface area contributed by atoms with Crippen molar-refractivity contribution >= 4 is 22.8 Å².